The first-order chi connectivity index (χ1) is 7.00. The van der Waals surface area contributed by atoms with Gasteiger partial charge in [-0.05, 0) is 24.6 Å². The van der Waals surface area contributed by atoms with Gasteiger partial charge in [0, 0.05) is 22.3 Å². The van der Waals surface area contributed by atoms with Crippen molar-refractivity contribution in [3.8, 4) is 0 Å². The summed E-state index contributed by atoms with van der Waals surface area (Å²) in [4.78, 5) is 11.6. The highest BCUT2D eigenvalue weighted by atomic mass is 79.9. The summed E-state index contributed by atoms with van der Waals surface area (Å²) < 4.78 is 0.732. The van der Waals surface area contributed by atoms with Crippen LogP contribution in [0.25, 0.3) is 0 Å². The average molecular weight is 269 g/mol. The van der Waals surface area contributed by atoms with E-state index < -0.39 is 0 Å². The van der Waals surface area contributed by atoms with Gasteiger partial charge in [0.2, 0.25) is 0 Å². The largest absolute Gasteiger partial charge is 0.398 e. The zero-order chi connectivity index (χ0) is 11.4. The molecule has 0 saturated heterocycles. The number of amides is 1. The van der Waals surface area contributed by atoms with Crippen molar-refractivity contribution in [2.45, 2.75) is 6.92 Å². The Kier molecular flexibility index (Phi) is 3.91. The molecule has 4 heteroatoms. The predicted molar refractivity (Wildman–Crippen MR) is 66.0 cm³/mol. The molecule has 3 N–H and O–H groups in total. The lowest BCUT2D eigenvalue weighted by Crippen LogP contribution is -2.24. The van der Waals surface area contributed by atoms with Crippen molar-refractivity contribution in [1.82, 2.24) is 5.32 Å². The van der Waals surface area contributed by atoms with Gasteiger partial charge in [-0.25, -0.2) is 0 Å². The van der Waals surface area contributed by atoms with Crippen LogP contribution in [0.1, 0.15) is 15.9 Å². The molecule has 0 aliphatic rings. The van der Waals surface area contributed by atoms with Gasteiger partial charge in [0.15, 0.2) is 0 Å². The van der Waals surface area contributed by atoms with Crippen molar-refractivity contribution in [1.29, 1.82) is 0 Å². The van der Waals surface area contributed by atoms with Crippen molar-refractivity contribution in [2.75, 3.05) is 12.3 Å². The molecule has 0 saturated carbocycles. The first-order valence-electron chi connectivity index (χ1n) is 4.48. The van der Waals surface area contributed by atoms with Gasteiger partial charge in [-0.3, -0.25) is 4.79 Å². The predicted octanol–water partition coefficient (Wildman–Crippen LogP) is 2.22. The molecule has 1 aromatic rings. The van der Waals surface area contributed by atoms with E-state index in [-0.39, 0.29) is 5.91 Å². The summed E-state index contributed by atoms with van der Waals surface area (Å²) in [7, 11) is 0. The lowest BCUT2D eigenvalue weighted by molar-refractivity contribution is 0.0958. The van der Waals surface area contributed by atoms with Gasteiger partial charge in [-0.1, -0.05) is 28.6 Å². The minimum absolute atomic E-state index is 0.151. The van der Waals surface area contributed by atoms with Gasteiger partial charge >= 0.3 is 0 Å². The molecule has 0 aliphatic heterocycles. The molecule has 1 aromatic carbocycles. The van der Waals surface area contributed by atoms with Crippen molar-refractivity contribution in [2.24, 2.45) is 0 Å². The minimum Gasteiger partial charge on any atom is -0.398 e. The number of nitrogens with two attached hydrogens (primary N) is 1. The standard InChI is InChI=1S/C11H13BrN2O/c1-7-3-4-9(5-10(7)13)11(15)14-6-8(2)12/h3-5H,2,6,13H2,1H3,(H,14,15). The number of carbonyl (C=O) groups excluding carboxylic acids is 1. The third kappa shape index (κ3) is 3.40. The third-order valence-electron chi connectivity index (χ3n) is 1.98. The van der Waals surface area contributed by atoms with Crippen molar-refractivity contribution < 1.29 is 4.79 Å². The monoisotopic (exact) mass is 268 g/mol. The van der Waals surface area contributed by atoms with E-state index in [4.69, 9.17) is 5.73 Å². The molecule has 80 valence electrons. The number of carbonyl (C=O) groups is 1. The summed E-state index contributed by atoms with van der Waals surface area (Å²) in [5, 5.41) is 2.70. The van der Waals surface area contributed by atoms with E-state index in [1.165, 1.54) is 0 Å². The highest BCUT2D eigenvalue weighted by Gasteiger charge is 2.05. The number of halogens is 1. The van der Waals surface area contributed by atoms with Crippen molar-refractivity contribution in [3.63, 3.8) is 0 Å². The van der Waals surface area contributed by atoms with E-state index in [1.54, 1.807) is 12.1 Å². The van der Waals surface area contributed by atoms with Gasteiger partial charge in [0.1, 0.15) is 0 Å². The van der Waals surface area contributed by atoms with Crippen LogP contribution in [0.15, 0.2) is 29.3 Å². The van der Waals surface area contributed by atoms with Gasteiger partial charge < -0.3 is 11.1 Å². The van der Waals surface area contributed by atoms with E-state index in [0.717, 1.165) is 10.0 Å². The molecule has 3 nitrogen and oxygen atoms in total. The summed E-state index contributed by atoms with van der Waals surface area (Å²) in [6.45, 7) is 5.94. The fourth-order valence-electron chi connectivity index (χ4n) is 1.06. The van der Waals surface area contributed by atoms with E-state index in [9.17, 15) is 4.79 Å². The summed E-state index contributed by atoms with van der Waals surface area (Å²) in [6.07, 6.45) is 0. The third-order valence-corrected chi connectivity index (χ3v) is 2.26. The van der Waals surface area contributed by atoms with Crippen LogP contribution in [-0.4, -0.2) is 12.5 Å². The van der Waals surface area contributed by atoms with Crippen LogP contribution in [0.4, 0.5) is 5.69 Å². The van der Waals surface area contributed by atoms with E-state index in [1.807, 2.05) is 13.0 Å². The molecule has 15 heavy (non-hydrogen) atoms. The number of benzene rings is 1. The molecule has 1 rings (SSSR count). The molecule has 0 spiro atoms. The van der Waals surface area contributed by atoms with E-state index >= 15 is 0 Å². The molecule has 0 bridgehead atoms. The van der Waals surface area contributed by atoms with Crippen LogP contribution < -0.4 is 11.1 Å². The molecule has 1 amide bonds. The topological polar surface area (TPSA) is 55.1 Å². The lowest BCUT2D eigenvalue weighted by atomic mass is 10.1. The van der Waals surface area contributed by atoms with Crippen LogP contribution >= 0.6 is 15.9 Å². The second-order valence-corrected chi connectivity index (χ2v) is 4.39. The Bertz CT molecular complexity index is 402. The SMILES string of the molecule is C=C(Br)CNC(=O)c1ccc(C)c(N)c1. The molecular weight excluding hydrogens is 256 g/mol. The van der Waals surface area contributed by atoms with Crippen molar-refractivity contribution >= 4 is 27.5 Å². The smallest absolute Gasteiger partial charge is 0.251 e. The van der Waals surface area contributed by atoms with Gasteiger partial charge in [0.05, 0.1) is 0 Å². The molecule has 0 aliphatic carbocycles. The second-order valence-electron chi connectivity index (χ2n) is 3.27. The zero-order valence-electron chi connectivity index (χ0n) is 8.51. The Morgan fingerprint density at radius 1 is 1.60 bits per heavy atom. The minimum atomic E-state index is -0.151. The molecule has 0 radical (unpaired) electrons. The molecule has 0 atom stereocenters. The molecule has 0 fully saturated rings. The summed E-state index contributed by atoms with van der Waals surface area (Å²) >= 11 is 3.17. The summed E-state index contributed by atoms with van der Waals surface area (Å²) in [6, 6.07) is 5.24. The van der Waals surface area contributed by atoms with Crippen LogP contribution in [0.5, 0.6) is 0 Å². The summed E-state index contributed by atoms with van der Waals surface area (Å²) in [5.74, 6) is -0.151. The van der Waals surface area contributed by atoms with Crippen LogP contribution in [0.3, 0.4) is 0 Å². The van der Waals surface area contributed by atoms with Crippen LogP contribution in [0, 0.1) is 6.92 Å². The Hall–Kier alpha value is -1.29. The molecular formula is C11H13BrN2O. The Balaban J connectivity index is 2.74. The second kappa shape index (κ2) is 4.98. The highest BCUT2D eigenvalue weighted by Crippen LogP contribution is 2.12. The number of hydrogen-bond acceptors (Lipinski definition) is 2. The molecule has 0 unspecified atom stereocenters. The number of rotatable bonds is 3. The number of nitrogen functional groups attached to an aromatic ring is 1. The number of nitrogens with one attached hydrogen (secondary N) is 1. The van der Waals surface area contributed by atoms with E-state index in [2.05, 4.69) is 27.8 Å². The van der Waals surface area contributed by atoms with Crippen LogP contribution in [0.2, 0.25) is 0 Å². The fourth-order valence-corrected chi connectivity index (χ4v) is 1.20. The van der Waals surface area contributed by atoms with Gasteiger partial charge in [-0.15, -0.1) is 0 Å². The van der Waals surface area contributed by atoms with Crippen LogP contribution in [-0.2, 0) is 0 Å². The Morgan fingerprint density at radius 2 is 2.27 bits per heavy atom. The molecule has 0 aromatic heterocycles. The first-order valence-corrected chi connectivity index (χ1v) is 5.27. The maximum atomic E-state index is 11.6. The fraction of sp³-hybridized carbons (Fsp3) is 0.182. The maximum Gasteiger partial charge on any atom is 0.251 e. The van der Waals surface area contributed by atoms with Crippen molar-refractivity contribution in [3.05, 3.63) is 40.4 Å². The van der Waals surface area contributed by atoms with Gasteiger partial charge in [0.25, 0.3) is 5.91 Å². The number of anilines is 1. The number of hydrogen-bond donors (Lipinski definition) is 2. The quantitative estimate of drug-likeness (QED) is 0.826. The maximum absolute atomic E-state index is 11.6. The number of aryl methyl sites for hydroxylation is 1. The van der Waals surface area contributed by atoms with E-state index in [0.29, 0.717) is 17.8 Å². The highest BCUT2D eigenvalue weighted by molar-refractivity contribution is 9.11. The van der Waals surface area contributed by atoms with Gasteiger partial charge in [-0.2, -0.15) is 0 Å². The normalized spacial score (nSPS) is 9.73. The summed E-state index contributed by atoms with van der Waals surface area (Å²) in [5.41, 5.74) is 7.86. The first kappa shape index (κ1) is 11.8. The zero-order valence-corrected chi connectivity index (χ0v) is 10.1. The lowest BCUT2D eigenvalue weighted by Gasteiger charge is -2.06. The average Bonchev–Trinajstić information content (AvgIpc) is 2.18. The Labute approximate surface area is 97.5 Å². The molecule has 0 heterocycles. The Morgan fingerprint density at radius 3 is 2.80 bits per heavy atom.